The maximum absolute atomic E-state index is 13.9. The fraction of sp³-hybridized carbons (Fsp3) is 0.235. The third-order valence-electron chi connectivity index (χ3n) is 3.64. The van der Waals surface area contributed by atoms with Gasteiger partial charge in [0.1, 0.15) is 5.82 Å². The highest BCUT2D eigenvalue weighted by atomic mass is 32.2. The molecule has 0 aliphatic carbocycles. The molecule has 0 heterocycles. The first-order valence-electron chi connectivity index (χ1n) is 7.28. The number of halogens is 1. The Morgan fingerprint density at radius 1 is 1.21 bits per heavy atom. The molecule has 0 aliphatic rings. The van der Waals surface area contributed by atoms with Crippen LogP contribution in [0.4, 0.5) is 10.1 Å². The molecule has 2 N–H and O–H groups in total. The predicted octanol–water partition coefficient (Wildman–Crippen LogP) is 3.76. The lowest BCUT2D eigenvalue weighted by Crippen LogP contribution is -2.16. The van der Waals surface area contributed by atoms with Gasteiger partial charge >= 0.3 is 5.97 Å². The van der Waals surface area contributed by atoms with E-state index in [0.717, 1.165) is 17.7 Å². The smallest absolute Gasteiger partial charge is 0.335 e. The van der Waals surface area contributed by atoms with Crippen molar-refractivity contribution < 1.29 is 22.7 Å². The van der Waals surface area contributed by atoms with Crippen LogP contribution < -0.4 is 4.72 Å². The summed E-state index contributed by atoms with van der Waals surface area (Å²) in [4.78, 5) is 10.6. The molecule has 0 aliphatic heterocycles. The number of carboxylic acid groups (broad SMARTS) is 1. The first kappa shape index (κ1) is 17.9. The topological polar surface area (TPSA) is 83.5 Å². The highest BCUT2D eigenvalue weighted by Gasteiger charge is 2.22. The Bertz CT molecular complexity index is 891. The van der Waals surface area contributed by atoms with Crippen LogP contribution in [0.3, 0.4) is 0 Å². The summed E-state index contributed by atoms with van der Waals surface area (Å²) >= 11 is 0. The lowest BCUT2D eigenvalue weighted by atomic mass is 10.0. The molecule has 0 saturated heterocycles. The van der Waals surface area contributed by atoms with Gasteiger partial charge in [0.05, 0.1) is 10.5 Å². The van der Waals surface area contributed by atoms with Crippen molar-refractivity contribution in [1.29, 1.82) is 0 Å². The van der Waals surface area contributed by atoms with Crippen LogP contribution >= 0.6 is 0 Å². The van der Waals surface area contributed by atoms with E-state index in [4.69, 9.17) is 5.11 Å². The molecule has 0 saturated carbocycles. The van der Waals surface area contributed by atoms with E-state index >= 15 is 0 Å². The van der Waals surface area contributed by atoms with E-state index in [1.54, 1.807) is 18.2 Å². The Hall–Kier alpha value is -2.41. The molecule has 7 heteroatoms. The first-order chi connectivity index (χ1) is 11.1. The zero-order valence-corrected chi connectivity index (χ0v) is 14.3. The average molecular weight is 351 g/mol. The van der Waals surface area contributed by atoms with Crippen LogP contribution in [0.25, 0.3) is 0 Å². The standard InChI is InChI=1S/C17H18FNO4S/c1-10(2)12-5-4-6-14(7-12)19-24(22,23)16-9-13(17(20)21)8-15(18)11(16)3/h4-10,19H,1-3H3,(H,20,21). The lowest BCUT2D eigenvalue weighted by molar-refractivity contribution is 0.0696. The van der Waals surface area contributed by atoms with Crippen molar-refractivity contribution in [3.05, 3.63) is 58.9 Å². The first-order valence-corrected chi connectivity index (χ1v) is 8.76. The minimum absolute atomic E-state index is 0.132. The van der Waals surface area contributed by atoms with Crippen molar-refractivity contribution in [2.24, 2.45) is 0 Å². The molecule has 0 unspecified atom stereocenters. The van der Waals surface area contributed by atoms with E-state index in [1.165, 1.54) is 6.92 Å². The predicted molar refractivity (Wildman–Crippen MR) is 89.4 cm³/mol. The largest absolute Gasteiger partial charge is 0.478 e. The zero-order valence-electron chi connectivity index (χ0n) is 13.5. The van der Waals surface area contributed by atoms with Crippen molar-refractivity contribution in [2.45, 2.75) is 31.6 Å². The summed E-state index contributed by atoms with van der Waals surface area (Å²) in [5, 5.41) is 9.00. The average Bonchev–Trinajstić information content (AvgIpc) is 2.49. The number of hydrogen-bond donors (Lipinski definition) is 2. The molecule has 2 aromatic carbocycles. The van der Waals surface area contributed by atoms with Crippen molar-refractivity contribution in [3.63, 3.8) is 0 Å². The van der Waals surface area contributed by atoms with Gasteiger partial charge in [0.15, 0.2) is 0 Å². The second kappa shape index (κ2) is 6.60. The van der Waals surface area contributed by atoms with Gasteiger partial charge in [0.25, 0.3) is 10.0 Å². The number of nitrogens with one attached hydrogen (secondary N) is 1. The Morgan fingerprint density at radius 2 is 1.88 bits per heavy atom. The van der Waals surface area contributed by atoms with Crippen molar-refractivity contribution in [2.75, 3.05) is 4.72 Å². The Kier molecular flexibility index (Phi) is 4.94. The summed E-state index contributed by atoms with van der Waals surface area (Å²) in [6, 6.07) is 8.61. The Balaban J connectivity index is 2.48. The van der Waals surface area contributed by atoms with Gasteiger partial charge in [-0.25, -0.2) is 17.6 Å². The van der Waals surface area contributed by atoms with Gasteiger partial charge in [0.2, 0.25) is 0 Å². The van der Waals surface area contributed by atoms with E-state index in [1.807, 2.05) is 19.9 Å². The fourth-order valence-electron chi connectivity index (χ4n) is 2.23. The summed E-state index contributed by atoms with van der Waals surface area (Å²) in [6.07, 6.45) is 0. The van der Waals surface area contributed by atoms with Gasteiger partial charge in [-0.05, 0) is 42.7 Å². The quantitative estimate of drug-likeness (QED) is 0.859. The van der Waals surface area contributed by atoms with Crippen LogP contribution in [0.5, 0.6) is 0 Å². The molecule has 5 nitrogen and oxygen atoms in total. The number of benzene rings is 2. The summed E-state index contributed by atoms with van der Waals surface area (Å²) < 4.78 is 41.4. The van der Waals surface area contributed by atoms with E-state index in [9.17, 15) is 17.6 Å². The van der Waals surface area contributed by atoms with Crippen LogP contribution in [0.1, 0.15) is 41.3 Å². The molecule has 0 bridgehead atoms. The van der Waals surface area contributed by atoms with E-state index < -0.39 is 32.3 Å². The number of rotatable bonds is 5. The molecule has 0 fully saturated rings. The zero-order chi connectivity index (χ0) is 18.1. The van der Waals surface area contributed by atoms with Gasteiger partial charge in [-0.3, -0.25) is 4.72 Å². The van der Waals surface area contributed by atoms with Crippen LogP contribution in [0.2, 0.25) is 0 Å². The second-order valence-electron chi connectivity index (χ2n) is 5.77. The van der Waals surface area contributed by atoms with Gasteiger partial charge in [-0.1, -0.05) is 26.0 Å². The monoisotopic (exact) mass is 351 g/mol. The molecular formula is C17H18FNO4S. The number of aromatic carboxylic acids is 1. The SMILES string of the molecule is Cc1c(F)cc(C(=O)O)cc1S(=O)(=O)Nc1cccc(C(C)C)c1. The minimum atomic E-state index is -4.12. The fourth-order valence-corrected chi connectivity index (χ4v) is 3.56. The summed E-state index contributed by atoms with van der Waals surface area (Å²) in [7, 11) is -4.12. The molecule has 0 amide bonds. The number of anilines is 1. The minimum Gasteiger partial charge on any atom is -0.478 e. The van der Waals surface area contributed by atoms with Crippen LogP contribution in [-0.4, -0.2) is 19.5 Å². The molecule has 2 rings (SSSR count). The third kappa shape index (κ3) is 3.73. The van der Waals surface area contributed by atoms with E-state index in [0.29, 0.717) is 5.69 Å². The molecule has 2 aromatic rings. The van der Waals surface area contributed by atoms with E-state index in [-0.39, 0.29) is 11.5 Å². The molecule has 0 aromatic heterocycles. The van der Waals surface area contributed by atoms with Gasteiger partial charge in [-0.15, -0.1) is 0 Å². The Labute approximate surface area is 140 Å². The number of carbonyl (C=O) groups is 1. The number of sulfonamides is 1. The van der Waals surface area contributed by atoms with Crippen LogP contribution in [0.15, 0.2) is 41.3 Å². The Morgan fingerprint density at radius 3 is 2.46 bits per heavy atom. The molecule has 0 atom stereocenters. The molecule has 128 valence electrons. The lowest BCUT2D eigenvalue weighted by Gasteiger charge is -2.13. The van der Waals surface area contributed by atoms with Crippen molar-refractivity contribution >= 4 is 21.7 Å². The third-order valence-corrected chi connectivity index (χ3v) is 5.15. The normalized spacial score (nSPS) is 11.5. The molecule has 24 heavy (non-hydrogen) atoms. The molecule has 0 spiro atoms. The van der Waals surface area contributed by atoms with Crippen molar-refractivity contribution in [1.82, 2.24) is 0 Å². The van der Waals surface area contributed by atoms with Gasteiger partial charge in [0, 0.05) is 11.3 Å². The number of carboxylic acids is 1. The van der Waals surface area contributed by atoms with Gasteiger partial charge in [-0.2, -0.15) is 0 Å². The highest BCUT2D eigenvalue weighted by Crippen LogP contribution is 2.25. The number of hydrogen-bond acceptors (Lipinski definition) is 3. The van der Waals surface area contributed by atoms with Gasteiger partial charge < -0.3 is 5.11 Å². The maximum atomic E-state index is 13.9. The molecule has 0 radical (unpaired) electrons. The van der Waals surface area contributed by atoms with Crippen LogP contribution in [0, 0.1) is 12.7 Å². The highest BCUT2D eigenvalue weighted by molar-refractivity contribution is 7.92. The molecular weight excluding hydrogens is 333 g/mol. The summed E-state index contributed by atoms with van der Waals surface area (Å²) in [6.45, 7) is 5.24. The van der Waals surface area contributed by atoms with E-state index in [2.05, 4.69) is 4.72 Å². The summed E-state index contributed by atoms with van der Waals surface area (Å²) in [5.41, 5.74) is 0.723. The van der Waals surface area contributed by atoms with Crippen molar-refractivity contribution in [3.8, 4) is 0 Å². The maximum Gasteiger partial charge on any atom is 0.335 e. The summed E-state index contributed by atoms with van der Waals surface area (Å²) in [5.74, 6) is -2.07. The van der Waals surface area contributed by atoms with Crippen LogP contribution in [-0.2, 0) is 10.0 Å². The second-order valence-corrected chi connectivity index (χ2v) is 7.42.